The van der Waals surface area contributed by atoms with Gasteiger partial charge in [-0.25, -0.2) is 4.99 Å². The van der Waals surface area contributed by atoms with E-state index >= 15 is 0 Å². The highest BCUT2D eigenvalue weighted by Crippen LogP contribution is 2.25. The van der Waals surface area contributed by atoms with Crippen molar-refractivity contribution in [1.82, 2.24) is 4.90 Å². The van der Waals surface area contributed by atoms with Crippen molar-refractivity contribution >= 4 is 41.3 Å². The molecule has 0 amide bonds. The molecule has 0 fully saturated rings. The Balaban J connectivity index is 0.00000289. The van der Waals surface area contributed by atoms with Crippen LogP contribution >= 0.6 is 35.3 Å². The largest absolute Gasteiger partial charge is 0.383 e. The molecule has 1 atom stereocenters. The zero-order valence-electron chi connectivity index (χ0n) is 11.1. The van der Waals surface area contributed by atoms with E-state index in [4.69, 9.17) is 5.73 Å². The van der Waals surface area contributed by atoms with E-state index in [0.717, 1.165) is 18.0 Å². The number of thiophene rings is 1. The normalized spacial score (nSPS) is 14.8. The number of nitrogens with two attached hydrogens (primary N) is 1. The van der Waals surface area contributed by atoms with Crippen LogP contribution < -0.4 is 5.73 Å². The first kappa shape index (κ1) is 17.7. The summed E-state index contributed by atoms with van der Waals surface area (Å²) in [7, 11) is 0. The second kappa shape index (κ2) is 7.96. The summed E-state index contributed by atoms with van der Waals surface area (Å²) in [6, 6.07) is 3.83. The standard InChI is InChI=1S/C12H21N3OS.HI/c1-4-15(5-2)11(13)14-9-12(3,16)10-7-6-8-17-10;/h6-8,16H,4-5,9H2,1-3H3,(H2,13,14);1H. The third-order valence-corrected chi connectivity index (χ3v) is 3.81. The summed E-state index contributed by atoms with van der Waals surface area (Å²) in [6.07, 6.45) is 0. The van der Waals surface area contributed by atoms with Gasteiger partial charge in [-0.15, -0.1) is 35.3 Å². The predicted molar refractivity (Wildman–Crippen MR) is 88.7 cm³/mol. The summed E-state index contributed by atoms with van der Waals surface area (Å²) in [5.74, 6) is 0.492. The molecule has 1 heterocycles. The van der Waals surface area contributed by atoms with Gasteiger partial charge in [-0.3, -0.25) is 0 Å². The number of aliphatic imine (C=N–C) groups is 1. The number of nitrogens with zero attached hydrogens (tertiary/aromatic N) is 2. The minimum atomic E-state index is -0.939. The third-order valence-electron chi connectivity index (χ3n) is 2.69. The number of rotatable bonds is 5. The topological polar surface area (TPSA) is 61.8 Å². The molecule has 1 rings (SSSR count). The van der Waals surface area contributed by atoms with E-state index in [-0.39, 0.29) is 30.5 Å². The van der Waals surface area contributed by atoms with Gasteiger partial charge in [0.25, 0.3) is 0 Å². The molecule has 0 aliphatic carbocycles. The average molecular weight is 383 g/mol. The minimum Gasteiger partial charge on any atom is -0.383 e. The maximum atomic E-state index is 10.3. The predicted octanol–water partition coefficient (Wildman–Crippen LogP) is 2.23. The monoisotopic (exact) mass is 383 g/mol. The van der Waals surface area contributed by atoms with E-state index in [2.05, 4.69) is 4.99 Å². The number of halogens is 1. The van der Waals surface area contributed by atoms with Gasteiger partial charge in [0.05, 0.1) is 6.54 Å². The molecule has 0 saturated heterocycles. The lowest BCUT2D eigenvalue weighted by Crippen LogP contribution is -2.38. The molecule has 6 heteroatoms. The quantitative estimate of drug-likeness (QED) is 0.466. The van der Waals surface area contributed by atoms with Crippen molar-refractivity contribution in [2.45, 2.75) is 26.4 Å². The SMILES string of the molecule is CCN(CC)C(N)=NCC(C)(O)c1cccs1.I. The van der Waals surface area contributed by atoms with Gasteiger partial charge in [-0.2, -0.15) is 0 Å². The third kappa shape index (κ3) is 4.74. The van der Waals surface area contributed by atoms with Gasteiger partial charge >= 0.3 is 0 Å². The van der Waals surface area contributed by atoms with Crippen LogP contribution in [0.5, 0.6) is 0 Å². The van der Waals surface area contributed by atoms with Crippen molar-refractivity contribution in [3.63, 3.8) is 0 Å². The second-order valence-corrected chi connectivity index (χ2v) is 5.05. The molecule has 104 valence electrons. The first-order valence-electron chi connectivity index (χ1n) is 5.82. The maximum absolute atomic E-state index is 10.3. The van der Waals surface area contributed by atoms with Gasteiger partial charge in [-0.1, -0.05) is 6.07 Å². The van der Waals surface area contributed by atoms with Crippen LogP contribution in [-0.2, 0) is 5.60 Å². The van der Waals surface area contributed by atoms with Crippen molar-refractivity contribution < 1.29 is 5.11 Å². The fourth-order valence-corrected chi connectivity index (χ4v) is 2.32. The fraction of sp³-hybridized carbons (Fsp3) is 0.583. The van der Waals surface area contributed by atoms with Crippen LogP contribution in [0.2, 0.25) is 0 Å². The van der Waals surface area contributed by atoms with E-state index < -0.39 is 5.60 Å². The highest BCUT2D eigenvalue weighted by Gasteiger charge is 2.24. The Morgan fingerprint density at radius 1 is 1.50 bits per heavy atom. The second-order valence-electron chi connectivity index (χ2n) is 4.10. The first-order chi connectivity index (χ1) is 8.01. The zero-order valence-corrected chi connectivity index (χ0v) is 14.2. The summed E-state index contributed by atoms with van der Waals surface area (Å²) in [4.78, 5) is 7.14. The molecular weight excluding hydrogens is 361 g/mol. The molecular formula is C12H22IN3OS. The Morgan fingerprint density at radius 3 is 2.56 bits per heavy atom. The Kier molecular flexibility index (Phi) is 7.81. The van der Waals surface area contributed by atoms with Crippen molar-refractivity contribution in [1.29, 1.82) is 0 Å². The summed E-state index contributed by atoms with van der Waals surface area (Å²) < 4.78 is 0. The number of hydrogen-bond acceptors (Lipinski definition) is 3. The van der Waals surface area contributed by atoms with Gasteiger partial charge in [0.15, 0.2) is 5.96 Å². The average Bonchev–Trinajstić information content (AvgIpc) is 2.82. The van der Waals surface area contributed by atoms with Gasteiger partial charge in [0.1, 0.15) is 5.60 Å². The maximum Gasteiger partial charge on any atom is 0.191 e. The molecule has 0 saturated carbocycles. The molecule has 1 aromatic heterocycles. The Morgan fingerprint density at radius 2 is 2.11 bits per heavy atom. The van der Waals surface area contributed by atoms with Crippen LogP contribution in [0.25, 0.3) is 0 Å². The van der Waals surface area contributed by atoms with Gasteiger partial charge in [0, 0.05) is 18.0 Å². The van der Waals surface area contributed by atoms with Crippen LogP contribution in [0.1, 0.15) is 25.6 Å². The van der Waals surface area contributed by atoms with E-state index in [1.165, 1.54) is 11.3 Å². The van der Waals surface area contributed by atoms with E-state index in [1.807, 2.05) is 36.3 Å². The Hall–Kier alpha value is -0.340. The Labute approximate surface area is 130 Å². The minimum absolute atomic E-state index is 0. The van der Waals surface area contributed by atoms with Crippen molar-refractivity contribution in [2.24, 2.45) is 10.7 Å². The molecule has 4 nitrogen and oxygen atoms in total. The van der Waals surface area contributed by atoms with Gasteiger partial charge in [0.2, 0.25) is 0 Å². The lowest BCUT2D eigenvalue weighted by molar-refractivity contribution is 0.0709. The van der Waals surface area contributed by atoms with Gasteiger partial charge < -0.3 is 15.7 Å². The highest BCUT2D eigenvalue weighted by molar-refractivity contribution is 14.0. The summed E-state index contributed by atoms with van der Waals surface area (Å²) in [5.41, 5.74) is 4.93. The number of hydrogen-bond donors (Lipinski definition) is 2. The number of aliphatic hydroxyl groups is 1. The van der Waals surface area contributed by atoms with E-state index in [1.54, 1.807) is 6.92 Å². The molecule has 0 aliphatic heterocycles. The lowest BCUT2D eigenvalue weighted by Gasteiger charge is -2.23. The molecule has 0 spiro atoms. The van der Waals surface area contributed by atoms with Crippen LogP contribution in [0.3, 0.4) is 0 Å². The molecule has 0 aliphatic rings. The molecule has 0 aromatic carbocycles. The van der Waals surface area contributed by atoms with E-state index in [0.29, 0.717) is 5.96 Å². The summed E-state index contributed by atoms with van der Waals surface area (Å²) in [5, 5.41) is 12.2. The molecule has 1 aromatic rings. The molecule has 3 N–H and O–H groups in total. The molecule has 1 unspecified atom stereocenters. The van der Waals surface area contributed by atoms with Crippen LogP contribution in [-0.4, -0.2) is 35.6 Å². The smallest absolute Gasteiger partial charge is 0.191 e. The summed E-state index contributed by atoms with van der Waals surface area (Å²) in [6.45, 7) is 7.76. The van der Waals surface area contributed by atoms with E-state index in [9.17, 15) is 5.11 Å². The van der Waals surface area contributed by atoms with Crippen LogP contribution in [0.4, 0.5) is 0 Å². The fourth-order valence-electron chi connectivity index (χ4n) is 1.55. The van der Waals surface area contributed by atoms with Crippen molar-refractivity contribution in [3.8, 4) is 0 Å². The van der Waals surface area contributed by atoms with Gasteiger partial charge in [-0.05, 0) is 32.2 Å². The lowest BCUT2D eigenvalue weighted by atomic mass is 10.1. The van der Waals surface area contributed by atoms with Crippen LogP contribution in [0.15, 0.2) is 22.5 Å². The van der Waals surface area contributed by atoms with Crippen molar-refractivity contribution in [3.05, 3.63) is 22.4 Å². The number of guanidine groups is 1. The van der Waals surface area contributed by atoms with Crippen molar-refractivity contribution in [2.75, 3.05) is 19.6 Å². The first-order valence-corrected chi connectivity index (χ1v) is 6.70. The molecule has 0 radical (unpaired) electrons. The summed E-state index contributed by atoms with van der Waals surface area (Å²) >= 11 is 1.53. The van der Waals surface area contributed by atoms with Crippen LogP contribution in [0, 0.1) is 0 Å². The molecule has 0 bridgehead atoms. The zero-order chi connectivity index (χ0) is 12.9. The molecule has 18 heavy (non-hydrogen) atoms. The Bertz CT molecular complexity index is 361. The highest BCUT2D eigenvalue weighted by atomic mass is 127.